The van der Waals surface area contributed by atoms with Gasteiger partial charge in [0.2, 0.25) is 0 Å². The summed E-state index contributed by atoms with van der Waals surface area (Å²) in [5.74, 6) is -0.323. The van der Waals surface area contributed by atoms with Crippen LogP contribution in [-0.2, 0) is 6.42 Å². The molecule has 2 aromatic carbocycles. The summed E-state index contributed by atoms with van der Waals surface area (Å²) in [5, 5.41) is 22.1. The molecular formula is C22H29BrO2Sn. The molecule has 0 saturated heterocycles. The van der Waals surface area contributed by atoms with Crippen molar-refractivity contribution < 1.29 is 10.2 Å². The maximum atomic E-state index is 11.1. The van der Waals surface area contributed by atoms with Crippen LogP contribution in [0.5, 0.6) is 0 Å². The second-order valence-corrected chi connectivity index (χ2v) is 23.5. The average Bonchev–Trinajstić information content (AvgIpc) is 2.60. The standard InChI is InChI=1S/C19H20BrO2.3CH3.Sn/c1-2-17(19(22)15-9-11-16(20)12-10-15)18(21)13-8-14-6-4-3-5-7-14;;;;/h3-7,9-12,17-19,21-22H,1,8,13H2;3*1H3;/t17-,18-,19-;;;;/m0..../s1. The number of aliphatic hydroxyl groups excluding tert-OH is 2. The van der Waals surface area contributed by atoms with Gasteiger partial charge in [0.1, 0.15) is 0 Å². The molecule has 0 aromatic heterocycles. The van der Waals surface area contributed by atoms with E-state index < -0.39 is 30.6 Å². The Morgan fingerprint density at radius 2 is 1.58 bits per heavy atom. The van der Waals surface area contributed by atoms with Gasteiger partial charge in [0, 0.05) is 0 Å². The van der Waals surface area contributed by atoms with Crippen LogP contribution in [0.1, 0.15) is 23.7 Å². The Labute approximate surface area is 170 Å². The van der Waals surface area contributed by atoms with Crippen LogP contribution in [0.15, 0.2) is 69.2 Å². The number of rotatable bonds is 8. The first-order valence-electron chi connectivity index (χ1n) is 9.05. The van der Waals surface area contributed by atoms with Crippen LogP contribution < -0.4 is 0 Å². The van der Waals surface area contributed by atoms with Gasteiger partial charge in [-0.25, -0.2) is 0 Å². The third-order valence-corrected chi connectivity index (χ3v) is 11.9. The molecule has 2 rings (SSSR count). The summed E-state index contributed by atoms with van der Waals surface area (Å²) < 4.78 is 2.05. The van der Waals surface area contributed by atoms with Crippen molar-refractivity contribution >= 4 is 34.3 Å². The minimum absolute atomic E-state index is 0.323. The predicted molar refractivity (Wildman–Crippen MR) is 116 cm³/mol. The molecule has 2 N–H and O–H groups in total. The fourth-order valence-corrected chi connectivity index (χ4v) is 7.26. The quantitative estimate of drug-likeness (QED) is 0.447. The Morgan fingerprint density at radius 3 is 2.12 bits per heavy atom. The van der Waals surface area contributed by atoms with E-state index in [0.717, 1.165) is 20.0 Å². The van der Waals surface area contributed by atoms with Crippen molar-refractivity contribution in [1.29, 1.82) is 0 Å². The zero-order chi connectivity index (χ0) is 19.3. The van der Waals surface area contributed by atoms with Crippen molar-refractivity contribution in [1.82, 2.24) is 0 Å². The van der Waals surface area contributed by atoms with E-state index in [1.807, 2.05) is 42.5 Å². The van der Waals surface area contributed by atoms with Crippen LogP contribution in [0.4, 0.5) is 0 Å². The van der Waals surface area contributed by atoms with E-state index in [9.17, 15) is 10.2 Å². The minimum atomic E-state index is -2.51. The van der Waals surface area contributed by atoms with Gasteiger partial charge >= 0.3 is 171 Å². The van der Waals surface area contributed by atoms with Crippen LogP contribution >= 0.6 is 15.9 Å². The molecule has 4 heteroatoms. The summed E-state index contributed by atoms with van der Waals surface area (Å²) in [5.41, 5.74) is 2.03. The van der Waals surface area contributed by atoms with Crippen molar-refractivity contribution in [3.63, 3.8) is 0 Å². The molecule has 26 heavy (non-hydrogen) atoms. The maximum absolute atomic E-state index is 11.1. The molecule has 0 aliphatic carbocycles. The van der Waals surface area contributed by atoms with Gasteiger partial charge in [-0.2, -0.15) is 0 Å². The molecule has 0 fully saturated rings. The molecule has 0 unspecified atom stereocenters. The number of aliphatic hydroxyl groups is 2. The summed E-state index contributed by atoms with van der Waals surface area (Å²) >= 11 is 0.928. The number of benzene rings is 2. The molecule has 3 atom stereocenters. The first-order chi connectivity index (χ1) is 12.2. The number of halogens is 1. The van der Waals surface area contributed by atoms with Gasteiger partial charge in [-0.15, -0.1) is 0 Å². The first kappa shape index (κ1) is 21.7. The molecule has 2 nitrogen and oxygen atoms in total. The number of hydrogen-bond acceptors (Lipinski definition) is 2. The van der Waals surface area contributed by atoms with Crippen LogP contribution in [0.2, 0.25) is 14.8 Å². The molecule has 0 saturated carbocycles. The van der Waals surface area contributed by atoms with Crippen molar-refractivity contribution in [2.24, 2.45) is 5.92 Å². The Morgan fingerprint density at radius 1 is 1.00 bits per heavy atom. The summed E-state index contributed by atoms with van der Waals surface area (Å²) in [6, 6.07) is 17.9. The molecule has 0 bridgehead atoms. The third kappa shape index (κ3) is 5.94. The predicted octanol–water partition coefficient (Wildman–Crippen LogP) is 5.53. The van der Waals surface area contributed by atoms with Gasteiger partial charge in [0.05, 0.1) is 0 Å². The fraction of sp³-hybridized carbons (Fsp3) is 0.364. The zero-order valence-corrected chi connectivity index (χ0v) is 20.3. The first-order valence-corrected chi connectivity index (χ1v) is 19.8. The second kappa shape index (κ2) is 9.54. The van der Waals surface area contributed by atoms with Crippen LogP contribution in [0, 0.1) is 5.92 Å². The molecule has 0 heterocycles. The van der Waals surface area contributed by atoms with Crippen LogP contribution in [0.25, 0.3) is 0 Å². The van der Waals surface area contributed by atoms with Gasteiger partial charge < -0.3 is 0 Å². The molecule has 0 aliphatic heterocycles. The third-order valence-electron chi connectivity index (χ3n) is 4.90. The molecule has 0 amide bonds. The number of hydrogen-bond donors (Lipinski definition) is 2. The van der Waals surface area contributed by atoms with Gasteiger partial charge in [0.25, 0.3) is 0 Å². The van der Waals surface area contributed by atoms with Crippen LogP contribution in [0.3, 0.4) is 0 Å². The van der Waals surface area contributed by atoms with Crippen molar-refractivity contribution in [2.45, 2.75) is 39.9 Å². The fourth-order valence-electron chi connectivity index (χ4n) is 3.14. The SMILES string of the molecule is C=[C]([C@@H]([C@@H](O)CCc1ccccc1)[C@@H](O)c1ccc(Br)cc1)[Sn]([CH3])([CH3])[CH3]. The van der Waals surface area contributed by atoms with E-state index in [1.165, 1.54) is 5.56 Å². The second-order valence-electron chi connectivity index (χ2n) is 7.89. The van der Waals surface area contributed by atoms with Crippen molar-refractivity contribution in [2.75, 3.05) is 0 Å². The zero-order valence-electron chi connectivity index (χ0n) is 15.8. The summed E-state index contributed by atoms with van der Waals surface area (Å²) in [7, 11) is 0. The normalized spacial score (nSPS) is 15.3. The average molecular weight is 524 g/mol. The summed E-state index contributed by atoms with van der Waals surface area (Å²) in [6.07, 6.45) is 0.0523. The molecule has 2 aromatic rings. The number of aryl methyl sites for hydroxylation is 1. The molecule has 0 spiro atoms. The van der Waals surface area contributed by atoms with Crippen LogP contribution in [-0.4, -0.2) is 34.7 Å². The van der Waals surface area contributed by atoms with E-state index in [-0.39, 0.29) is 5.92 Å². The van der Waals surface area contributed by atoms with Gasteiger partial charge in [-0.3, -0.25) is 0 Å². The monoisotopic (exact) mass is 524 g/mol. The Bertz CT molecular complexity index is 707. The Kier molecular flexibility index (Phi) is 7.95. The Hall–Kier alpha value is -0.621. The topological polar surface area (TPSA) is 40.5 Å². The van der Waals surface area contributed by atoms with Crippen molar-refractivity contribution in [3.8, 4) is 0 Å². The van der Waals surface area contributed by atoms with E-state index in [0.29, 0.717) is 6.42 Å². The van der Waals surface area contributed by atoms with E-state index in [2.05, 4.69) is 49.5 Å². The molecule has 140 valence electrons. The van der Waals surface area contributed by atoms with Gasteiger partial charge in [-0.05, 0) is 0 Å². The molecule has 0 aliphatic rings. The van der Waals surface area contributed by atoms with E-state index in [1.54, 1.807) is 0 Å². The van der Waals surface area contributed by atoms with Gasteiger partial charge in [-0.1, -0.05) is 0 Å². The molecular weight excluding hydrogens is 495 g/mol. The summed E-state index contributed by atoms with van der Waals surface area (Å²) in [6.45, 7) is 4.33. The van der Waals surface area contributed by atoms with E-state index in [4.69, 9.17) is 0 Å². The molecule has 0 radical (unpaired) electrons. The van der Waals surface area contributed by atoms with Gasteiger partial charge in [0.15, 0.2) is 0 Å². The Balaban J connectivity index is 2.22. The van der Waals surface area contributed by atoms with E-state index >= 15 is 0 Å². The van der Waals surface area contributed by atoms with Crippen molar-refractivity contribution in [3.05, 3.63) is 80.4 Å². The summed E-state index contributed by atoms with van der Waals surface area (Å²) in [4.78, 5) is 6.84.